The number of benzene rings is 3. The normalized spacial score (nSPS) is 11.4. The van der Waals surface area contributed by atoms with Crippen molar-refractivity contribution >= 4 is 39.6 Å². The Morgan fingerprint density at radius 3 is 2.23 bits per heavy atom. The number of hydrogen-bond acceptors (Lipinski definition) is 5. The number of nitrogens with one attached hydrogen (secondary N) is 2. The van der Waals surface area contributed by atoms with Gasteiger partial charge in [-0.2, -0.15) is 0 Å². The molecule has 3 aromatic carbocycles. The Hall–Kier alpha value is -4.44. The van der Waals surface area contributed by atoms with Gasteiger partial charge in [-0.3, -0.25) is 9.59 Å². The summed E-state index contributed by atoms with van der Waals surface area (Å²) in [7, 11) is -2.74. The summed E-state index contributed by atoms with van der Waals surface area (Å²) in [6, 6.07) is 19.9. The van der Waals surface area contributed by atoms with Gasteiger partial charge in [-0.25, -0.2) is 17.9 Å². The number of rotatable bonds is 7. The van der Waals surface area contributed by atoms with E-state index in [4.69, 9.17) is 5.73 Å². The van der Waals surface area contributed by atoms with Crippen LogP contribution in [0, 0.1) is 6.92 Å². The summed E-state index contributed by atoms with van der Waals surface area (Å²) in [6.45, 7) is 1.60. The van der Waals surface area contributed by atoms with Crippen LogP contribution in [-0.2, 0) is 14.8 Å². The Balaban J connectivity index is 1.90. The largest absolute Gasteiger partial charge is 0.366 e. The molecule has 10 heteroatoms. The summed E-state index contributed by atoms with van der Waals surface area (Å²) in [4.78, 5) is 38.7. The van der Waals surface area contributed by atoms with Crippen LogP contribution in [0.4, 0.5) is 10.5 Å². The number of anilines is 1. The molecule has 0 atom stereocenters. The fraction of sp³-hybridized carbons (Fsp3) is 0.0800. The lowest BCUT2D eigenvalue weighted by molar-refractivity contribution is -0.115. The van der Waals surface area contributed by atoms with Gasteiger partial charge in [-0.05, 0) is 48.4 Å². The number of aryl methyl sites for hydroxylation is 1. The Morgan fingerprint density at radius 2 is 1.57 bits per heavy atom. The van der Waals surface area contributed by atoms with Crippen LogP contribution in [0.2, 0.25) is 0 Å². The number of nitrogens with two attached hydrogens (primary N) is 1. The number of carbonyl (C=O) groups is 3. The number of hydrogen-bond donors (Lipinski definition) is 3. The van der Waals surface area contributed by atoms with Crippen LogP contribution >= 0.6 is 0 Å². The van der Waals surface area contributed by atoms with Crippen molar-refractivity contribution in [2.45, 2.75) is 11.8 Å². The van der Waals surface area contributed by atoms with E-state index in [-0.39, 0.29) is 16.2 Å². The molecular weight excluding hydrogens is 468 g/mol. The summed E-state index contributed by atoms with van der Waals surface area (Å²) in [5, 5.41) is 2.35. The summed E-state index contributed by atoms with van der Waals surface area (Å²) in [5.74, 6) is -1.31. The van der Waals surface area contributed by atoms with E-state index < -0.39 is 27.9 Å². The standard InChI is InChI=1S/C25H24N4O5S/c1-17-9-6-7-14-22(17)35(33,34)28-25(32)27-21(15-18-10-4-3-5-11-18)24(31)29(2)20-13-8-12-19(16-20)23(26)30/h3-16H,1-2H3,(H2,26,30)(H2,27,28,32)/b21-15-. The molecule has 4 amide bonds. The highest BCUT2D eigenvalue weighted by molar-refractivity contribution is 7.90. The quantitative estimate of drug-likeness (QED) is 0.435. The highest BCUT2D eigenvalue weighted by atomic mass is 32.2. The Bertz CT molecular complexity index is 1400. The molecule has 3 rings (SSSR count). The zero-order valence-corrected chi connectivity index (χ0v) is 19.9. The van der Waals surface area contributed by atoms with Gasteiger partial charge in [-0.15, -0.1) is 0 Å². The molecule has 0 spiro atoms. The lowest BCUT2D eigenvalue weighted by Gasteiger charge is -2.20. The fourth-order valence-electron chi connectivity index (χ4n) is 3.22. The molecule has 0 saturated heterocycles. The number of amides is 4. The number of nitrogens with zero attached hydrogens (tertiary/aromatic N) is 1. The van der Waals surface area contributed by atoms with Crippen LogP contribution in [0.25, 0.3) is 6.08 Å². The van der Waals surface area contributed by atoms with Gasteiger partial charge < -0.3 is 16.0 Å². The second-order valence-electron chi connectivity index (χ2n) is 7.57. The zero-order chi connectivity index (χ0) is 25.6. The highest BCUT2D eigenvalue weighted by Crippen LogP contribution is 2.18. The molecule has 0 bridgehead atoms. The van der Waals surface area contributed by atoms with E-state index >= 15 is 0 Å². The van der Waals surface area contributed by atoms with Crippen molar-refractivity contribution in [1.82, 2.24) is 10.0 Å². The van der Waals surface area contributed by atoms with Crippen LogP contribution < -0.4 is 20.7 Å². The summed E-state index contributed by atoms with van der Waals surface area (Å²) in [6.07, 6.45) is 1.41. The van der Waals surface area contributed by atoms with E-state index in [9.17, 15) is 22.8 Å². The van der Waals surface area contributed by atoms with E-state index in [1.165, 1.54) is 36.2 Å². The van der Waals surface area contributed by atoms with Crippen LogP contribution in [0.3, 0.4) is 0 Å². The molecular formula is C25H24N4O5S. The first kappa shape index (κ1) is 25.2. The summed E-state index contributed by atoms with van der Waals surface area (Å²) in [5.41, 5.74) is 6.73. The molecule has 0 heterocycles. The number of primary amides is 1. The minimum Gasteiger partial charge on any atom is -0.366 e. The van der Waals surface area contributed by atoms with Crippen LogP contribution in [0.15, 0.2) is 89.5 Å². The van der Waals surface area contributed by atoms with Gasteiger partial charge >= 0.3 is 6.03 Å². The minimum absolute atomic E-state index is 0.0598. The maximum absolute atomic E-state index is 13.3. The molecule has 0 unspecified atom stereocenters. The average Bonchev–Trinajstić information content (AvgIpc) is 2.83. The van der Waals surface area contributed by atoms with E-state index in [1.807, 2.05) is 4.72 Å². The van der Waals surface area contributed by atoms with Crippen molar-refractivity contribution in [3.05, 3.63) is 101 Å². The molecule has 0 aliphatic heterocycles. The van der Waals surface area contributed by atoms with E-state index in [0.717, 1.165) is 0 Å². The fourth-order valence-corrected chi connectivity index (χ4v) is 4.37. The highest BCUT2D eigenvalue weighted by Gasteiger charge is 2.23. The van der Waals surface area contributed by atoms with Gasteiger partial charge in [0.25, 0.3) is 15.9 Å². The third-order valence-electron chi connectivity index (χ3n) is 5.02. The SMILES string of the molecule is Cc1ccccc1S(=O)(=O)NC(=O)N/C(=C\c1ccccc1)C(=O)N(C)c1cccc(C(N)=O)c1. The van der Waals surface area contributed by atoms with Crippen molar-refractivity contribution in [2.24, 2.45) is 5.73 Å². The predicted octanol–water partition coefficient (Wildman–Crippen LogP) is 2.79. The maximum atomic E-state index is 13.3. The average molecular weight is 493 g/mol. The molecule has 0 fully saturated rings. The second-order valence-corrected chi connectivity index (χ2v) is 9.22. The molecule has 0 radical (unpaired) electrons. The van der Waals surface area contributed by atoms with Crippen molar-refractivity contribution < 1.29 is 22.8 Å². The van der Waals surface area contributed by atoms with Crippen LogP contribution in [-0.4, -0.2) is 33.3 Å². The Labute approximate surface area is 203 Å². The molecule has 180 valence electrons. The molecule has 0 aromatic heterocycles. The zero-order valence-electron chi connectivity index (χ0n) is 19.1. The Morgan fingerprint density at radius 1 is 0.914 bits per heavy atom. The number of urea groups is 1. The van der Waals surface area contributed by atoms with Gasteiger partial charge in [0, 0.05) is 18.3 Å². The second kappa shape index (κ2) is 10.7. The molecule has 4 N–H and O–H groups in total. The first-order chi connectivity index (χ1) is 16.6. The smallest absolute Gasteiger partial charge is 0.333 e. The molecule has 0 aliphatic rings. The van der Waals surface area contributed by atoms with E-state index in [0.29, 0.717) is 16.8 Å². The summed E-state index contributed by atoms with van der Waals surface area (Å²) < 4.78 is 27.3. The first-order valence-corrected chi connectivity index (χ1v) is 11.9. The van der Waals surface area contributed by atoms with Gasteiger partial charge in [0.1, 0.15) is 5.70 Å². The van der Waals surface area contributed by atoms with Crippen molar-refractivity contribution in [3.8, 4) is 0 Å². The third-order valence-corrected chi connectivity index (χ3v) is 6.51. The third kappa shape index (κ3) is 6.33. The van der Waals surface area contributed by atoms with E-state index in [1.54, 1.807) is 67.6 Å². The monoisotopic (exact) mass is 492 g/mol. The number of carbonyl (C=O) groups excluding carboxylic acids is 3. The van der Waals surface area contributed by atoms with Gasteiger partial charge in [0.2, 0.25) is 5.91 Å². The lowest BCUT2D eigenvalue weighted by atomic mass is 10.1. The maximum Gasteiger partial charge on any atom is 0.333 e. The molecule has 0 aliphatic carbocycles. The lowest BCUT2D eigenvalue weighted by Crippen LogP contribution is -2.43. The van der Waals surface area contributed by atoms with Crippen LogP contribution in [0.5, 0.6) is 0 Å². The van der Waals surface area contributed by atoms with E-state index in [2.05, 4.69) is 5.32 Å². The Kier molecular flexibility index (Phi) is 7.67. The van der Waals surface area contributed by atoms with Crippen LogP contribution in [0.1, 0.15) is 21.5 Å². The molecule has 3 aromatic rings. The molecule has 0 saturated carbocycles. The summed E-state index contributed by atoms with van der Waals surface area (Å²) >= 11 is 0. The number of sulfonamides is 1. The van der Waals surface area contributed by atoms with Gasteiger partial charge in [0.05, 0.1) is 4.90 Å². The predicted molar refractivity (Wildman–Crippen MR) is 133 cm³/mol. The van der Waals surface area contributed by atoms with Crippen molar-refractivity contribution in [1.29, 1.82) is 0 Å². The minimum atomic E-state index is -4.19. The first-order valence-electron chi connectivity index (χ1n) is 10.4. The molecule has 35 heavy (non-hydrogen) atoms. The van der Waals surface area contributed by atoms with Crippen molar-refractivity contribution in [2.75, 3.05) is 11.9 Å². The van der Waals surface area contributed by atoms with Gasteiger partial charge in [0.15, 0.2) is 0 Å². The topological polar surface area (TPSA) is 139 Å². The molecule has 9 nitrogen and oxygen atoms in total. The van der Waals surface area contributed by atoms with Crippen molar-refractivity contribution in [3.63, 3.8) is 0 Å². The number of likely N-dealkylation sites (N-methyl/N-ethyl adjacent to an activating group) is 1. The van der Waals surface area contributed by atoms with Gasteiger partial charge in [-0.1, -0.05) is 54.6 Å².